The number of likely N-dealkylation sites (tertiary alicyclic amines) is 1. The van der Waals surface area contributed by atoms with E-state index in [1.54, 1.807) is 6.26 Å². The van der Waals surface area contributed by atoms with Gasteiger partial charge in [0.15, 0.2) is 0 Å². The zero-order valence-electron chi connectivity index (χ0n) is 7.83. The topological polar surface area (TPSA) is 16.4 Å². The van der Waals surface area contributed by atoms with Gasteiger partial charge in [0, 0.05) is 18.7 Å². The third kappa shape index (κ3) is 2.22. The zero-order valence-corrected chi connectivity index (χ0v) is 7.83. The molecular weight excluding hydrogens is 162 g/mol. The highest BCUT2D eigenvalue weighted by Crippen LogP contribution is 2.16. The van der Waals surface area contributed by atoms with E-state index in [1.165, 1.54) is 30.5 Å². The van der Waals surface area contributed by atoms with Crippen LogP contribution < -0.4 is 0 Å². The standard InChI is InChI=1S/C11H15NO/c1-10-3-2-5-12(7-10)8-11-4-6-13-9-11/h4,6,9H,1-3,5,7-8H2. The molecule has 0 aliphatic carbocycles. The van der Waals surface area contributed by atoms with Gasteiger partial charge in [0.2, 0.25) is 0 Å². The predicted octanol–water partition coefficient (Wildman–Crippen LogP) is 2.43. The second-order valence-corrected chi connectivity index (χ2v) is 3.70. The number of piperidine rings is 1. The largest absolute Gasteiger partial charge is 0.472 e. The maximum atomic E-state index is 5.03. The molecule has 1 aromatic heterocycles. The van der Waals surface area contributed by atoms with Crippen molar-refractivity contribution in [3.63, 3.8) is 0 Å². The Bertz CT molecular complexity index is 276. The first-order valence-corrected chi connectivity index (χ1v) is 4.74. The number of rotatable bonds is 2. The normalized spacial score (nSPS) is 19.2. The molecule has 1 fully saturated rings. The minimum Gasteiger partial charge on any atom is -0.472 e. The lowest BCUT2D eigenvalue weighted by Gasteiger charge is -2.27. The van der Waals surface area contributed by atoms with Gasteiger partial charge in [0.05, 0.1) is 12.5 Å². The minimum absolute atomic E-state index is 0.996. The number of hydrogen-bond donors (Lipinski definition) is 0. The van der Waals surface area contributed by atoms with Gasteiger partial charge in [-0.3, -0.25) is 4.90 Å². The Morgan fingerprint density at radius 1 is 1.54 bits per heavy atom. The molecule has 2 heterocycles. The lowest BCUT2D eigenvalue weighted by molar-refractivity contribution is 0.257. The van der Waals surface area contributed by atoms with Gasteiger partial charge in [-0.15, -0.1) is 0 Å². The van der Waals surface area contributed by atoms with Gasteiger partial charge in [0.25, 0.3) is 0 Å². The van der Waals surface area contributed by atoms with Crippen LogP contribution in [-0.2, 0) is 6.54 Å². The van der Waals surface area contributed by atoms with E-state index in [4.69, 9.17) is 4.42 Å². The molecule has 2 rings (SSSR count). The Morgan fingerprint density at radius 2 is 2.46 bits per heavy atom. The fourth-order valence-electron chi connectivity index (χ4n) is 1.80. The molecule has 0 bridgehead atoms. The van der Waals surface area contributed by atoms with Crippen molar-refractivity contribution in [3.05, 3.63) is 36.3 Å². The first-order chi connectivity index (χ1) is 6.34. The second-order valence-electron chi connectivity index (χ2n) is 3.70. The van der Waals surface area contributed by atoms with Crippen molar-refractivity contribution < 1.29 is 4.42 Å². The summed E-state index contributed by atoms with van der Waals surface area (Å²) < 4.78 is 5.03. The van der Waals surface area contributed by atoms with Crippen LogP contribution in [0.25, 0.3) is 0 Å². The Kier molecular flexibility index (Phi) is 2.50. The summed E-state index contributed by atoms with van der Waals surface area (Å²) in [5, 5.41) is 0. The Balaban J connectivity index is 1.91. The van der Waals surface area contributed by atoms with Gasteiger partial charge < -0.3 is 4.42 Å². The van der Waals surface area contributed by atoms with Crippen LogP contribution in [0.5, 0.6) is 0 Å². The van der Waals surface area contributed by atoms with E-state index in [1.807, 2.05) is 12.3 Å². The van der Waals surface area contributed by atoms with Crippen molar-refractivity contribution in [1.29, 1.82) is 0 Å². The average molecular weight is 177 g/mol. The molecule has 13 heavy (non-hydrogen) atoms. The van der Waals surface area contributed by atoms with E-state index in [0.717, 1.165) is 13.1 Å². The van der Waals surface area contributed by atoms with E-state index < -0.39 is 0 Å². The first-order valence-electron chi connectivity index (χ1n) is 4.74. The van der Waals surface area contributed by atoms with Crippen LogP contribution in [0.1, 0.15) is 18.4 Å². The van der Waals surface area contributed by atoms with Gasteiger partial charge in [0.1, 0.15) is 0 Å². The molecule has 0 saturated carbocycles. The molecule has 1 aliphatic rings. The molecule has 1 aromatic rings. The van der Waals surface area contributed by atoms with Gasteiger partial charge >= 0.3 is 0 Å². The van der Waals surface area contributed by atoms with Crippen LogP contribution in [0.3, 0.4) is 0 Å². The van der Waals surface area contributed by atoms with Gasteiger partial charge in [-0.25, -0.2) is 0 Å². The van der Waals surface area contributed by atoms with E-state index in [2.05, 4.69) is 11.5 Å². The summed E-state index contributed by atoms with van der Waals surface area (Å²) in [6.07, 6.45) is 5.99. The highest BCUT2D eigenvalue weighted by atomic mass is 16.3. The predicted molar refractivity (Wildman–Crippen MR) is 52.4 cm³/mol. The Labute approximate surface area is 78.8 Å². The number of hydrogen-bond acceptors (Lipinski definition) is 2. The highest BCUT2D eigenvalue weighted by Gasteiger charge is 2.12. The summed E-state index contributed by atoms with van der Waals surface area (Å²) in [6, 6.07) is 2.03. The van der Waals surface area contributed by atoms with Crippen LogP contribution in [0.15, 0.2) is 35.2 Å². The van der Waals surface area contributed by atoms with Crippen LogP contribution >= 0.6 is 0 Å². The molecule has 0 N–H and O–H groups in total. The molecule has 0 spiro atoms. The van der Waals surface area contributed by atoms with Crippen LogP contribution in [0.2, 0.25) is 0 Å². The molecular formula is C11H15NO. The molecule has 0 atom stereocenters. The summed E-state index contributed by atoms with van der Waals surface area (Å²) in [5.74, 6) is 0. The molecule has 1 saturated heterocycles. The van der Waals surface area contributed by atoms with E-state index in [0.29, 0.717) is 0 Å². The van der Waals surface area contributed by atoms with Crippen molar-refractivity contribution in [2.45, 2.75) is 19.4 Å². The molecule has 0 aromatic carbocycles. The molecule has 2 heteroatoms. The van der Waals surface area contributed by atoms with E-state index in [-0.39, 0.29) is 0 Å². The quantitative estimate of drug-likeness (QED) is 0.645. The monoisotopic (exact) mass is 177 g/mol. The summed E-state index contributed by atoms with van der Waals surface area (Å²) >= 11 is 0. The Morgan fingerprint density at radius 3 is 3.15 bits per heavy atom. The SMILES string of the molecule is C=C1CCCN(Cc2ccoc2)C1. The summed E-state index contributed by atoms with van der Waals surface area (Å²) in [5.41, 5.74) is 2.62. The fraction of sp³-hybridized carbons (Fsp3) is 0.455. The maximum absolute atomic E-state index is 5.03. The van der Waals surface area contributed by atoms with E-state index in [9.17, 15) is 0 Å². The zero-order chi connectivity index (χ0) is 9.10. The molecule has 0 amide bonds. The number of furan rings is 1. The molecule has 70 valence electrons. The fourth-order valence-corrected chi connectivity index (χ4v) is 1.80. The van der Waals surface area contributed by atoms with Crippen LogP contribution in [0.4, 0.5) is 0 Å². The van der Waals surface area contributed by atoms with E-state index >= 15 is 0 Å². The smallest absolute Gasteiger partial charge is 0.0947 e. The van der Waals surface area contributed by atoms with Crippen molar-refractivity contribution in [2.75, 3.05) is 13.1 Å². The molecule has 0 unspecified atom stereocenters. The second kappa shape index (κ2) is 3.79. The molecule has 0 radical (unpaired) electrons. The van der Waals surface area contributed by atoms with Crippen molar-refractivity contribution in [1.82, 2.24) is 4.90 Å². The Hall–Kier alpha value is -1.02. The minimum atomic E-state index is 0.996. The first kappa shape index (κ1) is 8.57. The van der Waals surface area contributed by atoms with Crippen LogP contribution in [-0.4, -0.2) is 18.0 Å². The molecule has 1 aliphatic heterocycles. The third-order valence-corrected chi connectivity index (χ3v) is 2.44. The average Bonchev–Trinajstić information content (AvgIpc) is 2.57. The highest BCUT2D eigenvalue weighted by molar-refractivity contribution is 5.07. The number of nitrogens with zero attached hydrogens (tertiary/aromatic N) is 1. The lowest BCUT2D eigenvalue weighted by Crippen LogP contribution is -2.30. The summed E-state index contributed by atoms with van der Waals surface area (Å²) in [7, 11) is 0. The summed E-state index contributed by atoms with van der Waals surface area (Å²) in [6.45, 7) is 7.26. The van der Waals surface area contributed by atoms with Gasteiger partial charge in [-0.2, -0.15) is 0 Å². The molecule has 2 nitrogen and oxygen atoms in total. The van der Waals surface area contributed by atoms with Gasteiger partial charge in [-0.1, -0.05) is 12.2 Å². The van der Waals surface area contributed by atoms with Crippen molar-refractivity contribution >= 4 is 0 Å². The van der Waals surface area contributed by atoms with Crippen molar-refractivity contribution in [3.8, 4) is 0 Å². The summed E-state index contributed by atoms with van der Waals surface area (Å²) in [4.78, 5) is 2.41. The maximum Gasteiger partial charge on any atom is 0.0947 e. The lowest BCUT2D eigenvalue weighted by atomic mass is 10.1. The van der Waals surface area contributed by atoms with Crippen molar-refractivity contribution in [2.24, 2.45) is 0 Å². The third-order valence-electron chi connectivity index (χ3n) is 2.44. The van der Waals surface area contributed by atoms with Crippen LogP contribution in [0, 0.1) is 0 Å². The van der Waals surface area contributed by atoms with Gasteiger partial charge in [-0.05, 0) is 25.5 Å².